The summed E-state index contributed by atoms with van der Waals surface area (Å²) in [4.78, 5) is 0. The molecule has 0 aliphatic rings. The van der Waals surface area contributed by atoms with E-state index in [1.54, 1.807) is 0 Å². The Hall–Kier alpha value is -0.0662. The van der Waals surface area contributed by atoms with E-state index in [0.29, 0.717) is 5.92 Å². The maximum absolute atomic E-state index is 6.65. The van der Waals surface area contributed by atoms with Crippen LogP contribution in [0, 0.1) is 5.92 Å². The van der Waals surface area contributed by atoms with Gasteiger partial charge in [-0.3, -0.25) is 0 Å². The number of allylic oxidation sites excluding steroid dienone is 1. The van der Waals surface area contributed by atoms with Gasteiger partial charge >= 0.3 is 0 Å². The lowest BCUT2D eigenvalue weighted by Crippen LogP contribution is -2.32. The zero-order chi connectivity index (χ0) is 24.5. The highest BCUT2D eigenvalue weighted by Crippen LogP contribution is 2.26. The predicted octanol–water partition coefficient (Wildman–Crippen LogP) is 10.5. The van der Waals surface area contributed by atoms with Crippen molar-refractivity contribution in [1.82, 2.24) is 0 Å². The van der Waals surface area contributed by atoms with Crippen LogP contribution in [-0.4, -0.2) is 22.7 Å². The van der Waals surface area contributed by atoms with Crippen LogP contribution in [0.1, 0.15) is 117 Å². The molecule has 2 nitrogen and oxygen atoms in total. The van der Waals surface area contributed by atoms with Crippen LogP contribution in [0.5, 0.6) is 0 Å². The van der Waals surface area contributed by atoms with E-state index in [2.05, 4.69) is 66.1 Å². The molecule has 1 unspecified atom stereocenters. The fourth-order valence-corrected chi connectivity index (χ4v) is 6.21. The van der Waals surface area contributed by atoms with Crippen LogP contribution in [-0.2, 0) is 8.85 Å². The van der Waals surface area contributed by atoms with Crippen LogP contribution >= 0.6 is 0 Å². The largest absolute Gasteiger partial charge is 0.547 e. The molecule has 4 heteroatoms. The van der Waals surface area contributed by atoms with Gasteiger partial charge in [0.25, 0.3) is 0 Å². The standard InChI is InChI=1S/C28H60O2Si2/c1-10-12-14-16-17-18-19-20-22-24-27(29-31(4,5)6)25-28(30-32(7,8)9)26(3)23-21-15-13-11-2/h25-27H,10-24H2,1-9H3/t26-,27?/m1/s1. The highest BCUT2D eigenvalue weighted by Gasteiger charge is 2.25. The van der Waals surface area contributed by atoms with Crippen LogP contribution in [0.2, 0.25) is 39.3 Å². The van der Waals surface area contributed by atoms with Crippen LogP contribution in [0.15, 0.2) is 11.8 Å². The lowest BCUT2D eigenvalue weighted by Gasteiger charge is -2.30. The van der Waals surface area contributed by atoms with E-state index in [4.69, 9.17) is 8.85 Å². The second-order valence-corrected chi connectivity index (χ2v) is 20.8. The van der Waals surface area contributed by atoms with E-state index in [1.165, 1.54) is 95.7 Å². The summed E-state index contributed by atoms with van der Waals surface area (Å²) >= 11 is 0. The molecule has 0 aromatic rings. The minimum atomic E-state index is -1.64. The second-order valence-electron chi connectivity index (χ2n) is 11.9. The molecule has 0 saturated heterocycles. The molecule has 0 aromatic carbocycles. The zero-order valence-corrected chi connectivity index (χ0v) is 25.7. The van der Waals surface area contributed by atoms with E-state index in [1.807, 2.05) is 0 Å². The monoisotopic (exact) mass is 484 g/mol. The van der Waals surface area contributed by atoms with E-state index in [0.717, 1.165) is 6.42 Å². The summed E-state index contributed by atoms with van der Waals surface area (Å²) in [6.45, 7) is 20.8. The molecular formula is C28H60O2Si2. The van der Waals surface area contributed by atoms with Gasteiger partial charge in [-0.2, -0.15) is 0 Å². The Morgan fingerprint density at radius 3 is 1.53 bits per heavy atom. The summed E-state index contributed by atoms with van der Waals surface area (Å²) in [6.07, 6.45) is 22.7. The Bertz CT molecular complexity index is 463. The van der Waals surface area contributed by atoms with Gasteiger partial charge in [0, 0.05) is 5.92 Å². The van der Waals surface area contributed by atoms with Crippen molar-refractivity contribution in [1.29, 1.82) is 0 Å². The van der Waals surface area contributed by atoms with Crippen molar-refractivity contribution < 1.29 is 8.85 Å². The average Bonchev–Trinajstić information content (AvgIpc) is 2.67. The molecule has 2 atom stereocenters. The molecule has 0 aliphatic heterocycles. The summed E-state index contributed by atoms with van der Waals surface area (Å²) in [5.41, 5.74) is 0. The van der Waals surface area contributed by atoms with E-state index < -0.39 is 16.6 Å². The molecule has 192 valence electrons. The summed E-state index contributed by atoms with van der Waals surface area (Å²) in [5, 5.41) is 0. The quantitative estimate of drug-likeness (QED) is 0.0915. The highest BCUT2D eigenvalue weighted by molar-refractivity contribution is 6.70. The van der Waals surface area contributed by atoms with E-state index in [9.17, 15) is 0 Å². The Balaban J connectivity index is 4.89. The Labute approximate surface area is 205 Å². The van der Waals surface area contributed by atoms with Crippen molar-refractivity contribution in [3.63, 3.8) is 0 Å². The lowest BCUT2D eigenvalue weighted by molar-refractivity contribution is 0.216. The molecule has 0 rings (SSSR count). The summed E-state index contributed by atoms with van der Waals surface area (Å²) in [6, 6.07) is 0. The molecule has 0 aliphatic carbocycles. The number of rotatable bonds is 21. The maximum atomic E-state index is 6.65. The second kappa shape index (κ2) is 18.3. The summed E-state index contributed by atoms with van der Waals surface area (Å²) in [7, 11) is -3.24. The number of hydrogen-bond acceptors (Lipinski definition) is 2. The fraction of sp³-hybridized carbons (Fsp3) is 0.929. The van der Waals surface area contributed by atoms with Crippen molar-refractivity contribution in [3.8, 4) is 0 Å². The van der Waals surface area contributed by atoms with Crippen molar-refractivity contribution in [3.05, 3.63) is 11.8 Å². The van der Waals surface area contributed by atoms with Gasteiger partial charge in [0.1, 0.15) is 0 Å². The Kier molecular flexibility index (Phi) is 18.2. The molecule has 0 spiro atoms. The van der Waals surface area contributed by atoms with Crippen molar-refractivity contribution in [2.75, 3.05) is 0 Å². The molecule has 0 radical (unpaired) electrons. The van der Waals surface area contributed by atoms with Gasteiger partial charge in [0.05, 0.1) is 11.9 Å². The molecule has 0 heterocycles. The summed E-state index contributed by atoms with van der Waals surface area (Å²) in [5.74, 6) is 1.72. The van der Waals surface area contributed by atoms with Crippen LogP contribution in [0.3, 0.4) is 0 Å². The lowest BCUT2D eigenvalue weighted by atomic mass is 9.98. The van der Waals surface area contributed by atoms with Crippen LogP contribution < -0.4 is 0 Å². The van der Waals surface area contributed by atoms with Crippen molar-refractivity contribution in [2.24, 2.45) is 5.92 Å². The van der Waals surface area contributed by atoms with Gasteiger partial charge in [-0.15, -0.1) is 0 Å². The van der Waals surface area contributed by atoms with E-state index >= 15 is 0 Å². The molecular weight excluding hydrogens is 424 g/mol. The molecule has 32 heavy (non-hydrogen) atoms. The molecule has 0 bridgehead atoms. The van der Waals surface area contributed by atoms with Gasteiger partial charge in [-0.05, 0) is 58.2 Å². The van der Waals surface area contributed by atoms with Gasteiger partial charge in [0.2, 0.25) is 8.32 Å². The van der Waals surface area contributed by atoms with Gasteiger partial charge < -0.3 is 8.85 Å². The summed E-state index contributed by atoms with van der Waals surface area (Å²) < 4.78 is 13.3. The van der Waals surface area contributed by atoms with Gasteiger partial charge in [-0.1, -0.05) is 104 Å². The normalized spacial score (nSPS) is 15.1. The third-order valence-electron chi connectivity index (χ3n) is 5.85. The maximum Gasteiger partial charge on any atom is 0.241 e. The zero-order valence-electron chi connectivity index (χ0n) is 23.7. The van der Waals surface area contributed by atoms with Crippen LogP contribution in [0.4, 0.5) is 0 Å². The van der Waals surface area contributed by atoms with Crippen molar-refractivity contribution in [2.45, 2.75) is 162 Å². The first kappa shape index (κ1) is 31.9. The third kappa shape index (κ3) is 20.5. The number of hydrogen-bond donors (Lipinski definition) is 0. The smallest absolute Gasteiger partial charge is 0.241 e. The van der Waals surface area contributed by atoms with Crippen molar-refractivity contribution >= 4 is 16.6 Å². The highest BCUT2D eigenvalue weighted by atomic mass is 28.4. The third-order valence-corrected chi connectivity index (χ3v) is 7.71. The topological polar surface area (TPSA) is 18.5 Å². The predicted molar refractivity (Wildman–Crippen MR) is 150 cm³/mol. The minimum Gasteiger partial charge on any atom is -0.547 e. The first-order valence-electron chi connectivity index (χ1n) is 14.1. The van der Waals surface area contributed by atoms with E-state index in [-0.39, 0.29) is 6.10 Å². The Morgan fingerprint density at radius 1 is 0.625 bits per heavy atom. The first-order chi connectivity index (χ1) is 15.0. The Morgan fingerprint density at radius 2 is 1.06 bits per heavy atom. The minimum absolute atomic E-state index is 0.218. The molecule has 0 amide bonds. The average molecular weight is 485 g/mol. The van der Waals surface area contributed by atoms with Crippen LogP contribution in [0.25, 0.3) is 0 Å². The first-order valence-corrected chi connectivity index (χ1v) is 20.9. The number of unbranched alkanes of at least 4 members (excludes halogenated alkanes) is 11. The fourth-order valence-electron chi connectivity index (χ4n) is 4.14. The molecule has 0 N–H and O–H groups in total. The molecule has 0 saturated carbocycles. The molecule has 0 fully saturated rings. The van der Waals surface area contributed by atoms with Gasteiger partial charge in [-0.25, -0.2) is 0 Å². The molecule has 0 aromatic heterocycles. The van der Waals surface area contributed by atoms with Gasteiger partial charge in [0.15, 0.2) is 8.32 Å². The SMILES string of the molecule is CCCCCCCCCCCC(C=C(O[Si](C)(C)C)[C@H](C)CCCCCC)O[Si](C)(C)C.